The van der Waals surface area contributed by atoms with E-state index in [-0.39, 0.29) is 26.9 Å². The van der Waals surface area contributed by atoms with E-state index in [2.05, 4.69) is 15.8 Å². The first kappa shape index (κ1) is 18.5. The predicted molar refractivity (Wildman–Crippen MR) is 108 cm³/mol. The van der Waals surface area contributed by atoms with E-state index in [1.165, 1.54) is 16.7 Å². The third kappa shape index (κ3) is 3.03. The highest BCUT2D eigenvalue weighted by atomic mass is 32.2. The van der Waals surface area contributed by atoms with Crippen LogP contribution in [0.1, 0.15) is 0 Å². The lowest BCUT2D eigenvalue weighted by Crippen LogP contribution is -2.56. The second-order valence-corrected chi connectivity index (χ2v) is 8.03. The summed E-state index contributed by atoms with van der Waals surface area (Å²) >= 11 is 5.01. The van der Waals surface area contributed by atoms with Gasteiger partial charge in [-0.15, -0.1) is 0 Å². The smallest absolute Gasteiger partial charge is 0.240 e. The van der Waals surface area contributed by atoms with Gasteiger partial charge < -0.3 is 11.1 Å². The molecule has 1 unspecified atom stereocenters. The van der Waals surface area contributed by atoms with Crippen molar-refractivity contribution in [1.82, 2.24) is 15.3 Å². The van der Waals surface area contributed by atoms with Crippen molar-refractivity contribution in [3.63, 3.8) is 0 Å². The summed E-state index contributed by atoms with van der Waals surface area (Å²) in [5, 5.41) is 12.9. The van der Waals surface area contributed by atoms with E-state index in [9.17, 15) is 12.8 Å². The van der Waals surface area contributed by atoms with Gasteiger partial charge in [0.25, 0.3) is 0 Å². The van der Waals surface area contributed by atoms with Crippen LogP contribution in [0.4, 0.5) is 4.39 Å². The number of nitrogens with one attached hydrogen (secondary N) is 2. The van der Waals surface area contributed by atoms with Gasteiger partial charge in [0.1, 0.15) is 16.9 Å². The number of nitrogens with zero attached hydrogens (tertiary/aromatic N) is 2. The van der Waals surface area contributed by atoms with Crippen molar-refractivity contribution in [2.75, 3.05) is 0 Å². The van der Waals surface area contributed by atoms with E-state index in [0.29, 0.717) is 11.1 Å². The molecule has 1 atom stereocenters. The zero-order valence-electron chi connectivity index (χ0n) is 14.3. The molecule has 3 aromatic rings. The van der Waals surface area contributed by atoms with Crippen molar-refractivity contribution in [3.05, 3.63) is 54.3 Å². The maximum Gasteiger partial charge on any atom is 0.240 e. The maximum absolute atomic E-state index is 14.0. The molecule has 1 aromatic heterocycles. The molecule has 0 bridgehead atoms. The highest BCUT2D eigenvalue weighted by Crippen LogP contribution is 2.37. The lowest BCUT2D eigenvalue weighted by atomic mass is 10.1. The molecule has 1 aliphatic rings. The number of halogens is 1. The first-order valence-corrected chi connectivity index (χ1v) is 10.0. The van der Waals surface area contributed by atoms with E-state index in [1.54, 1.807) is 30.3 Å². The van der Waals surface area contributed by atoms with Crippen LogP contribution in [0.25, 0.3) is 22.2 Å². The standard InChI is InChI=1S/C17H15FN6O2S2/c18-10-6-7-12-11(8-10)14(28(20,25)26)13(9-4-2-1-3-5-9)24(12)16-15(19)21-17(27)23-22-16/h1-8,15H,19H2,(H2,20,25,26)(H2,21,23,27). The number of rotatable bonds is 2. The summed E-state index contributed by atoms with van der Waals surface area (Å²) in [4.78, 5) is -0.212. The Kier molecular flexibility index (Phi) is 4.38. The third-order valence-electron chi connectivity index (χ3n) is 4.28. The van der Waals surface area contributed by atoms with Crippen LogP contribution < -0.4 is 21.6 Å². The lowest BCUT2D eigenvalue weighted by molar-refractivity contribution is 0.598. The van der Waals surface area contributed by atoms with Crippen LogP contribution in [0, 0.1) is 5.82 Å². The molecule has 2 aromatic carbocycles. The van der Waals surface area contributed by atoms with Crippen LogP contribution in [0.2, 0.25) is 0 Å². The second kappa shape index (κ2) is 6.63. The molecule has 2 heterocycles. The van der Waals surface area contributed by atoms with E-state index < -0.39 is 22.0 Å². The molecule has 0 aliphatic carbocycles. The van der Waals surface area contributed by atoms with Gasteiger partial charge in [0.2, 0.25) is 10.0 Å². The van der Waals surface area contributed by atoms with Gasteiger partial charge in [-0.2, -0.15) is 5.10 Å². The SMILES string of the molecule is NC1NC(=S)NN=C1n1c(-c2ccccc2)c(S(N)(=O)=O)c2cc(F)ccc21. The Morgan fingerprint density at radius 2 is 1.89 bits per heavy atom. The number of hydrazone groups is 1. The van der Waals surface area contributed by atoms with Crippen molar-refractivity contribution in [2.24, 2.45) is 16.0 Å². The second-order valence-electron chi connectivity index (χ2n) is 6.12. The van der Waals surface area contributed by atoms with Crippen LogP contribution >= 0.6 is 12.2 Å². The van der Waals surface area contributed by atoms with Crippen molar-refractivity contribution >= 4 is 44.1 Å². The molecular formula is C17H15FN6O2S2. The van der Waals surface area contributed by atoms with Gasteiger partial charge in [-0.1, -0.05) is 30.3 Å². The number of hydrogen-bond donors (Lipinski definition) is 4. The molecule has 0 spiro atoms. The first-order chi connectivity index (χ1) is 13.3. The number of sulfonamides is 1. The van der Waals surface area contributed by atoms with Crippen LogP contribution in [0.15, 0.2) is 58.5 Å². The molecule has 0 saturated heterocycles. The van der Waals surface area contributed by atoms with Crippen molar-refractivity contribution in [1.29, 1.82) is 0 Å². The van der Waals surface area contributed by atoms with Crippen LogP contribution in [-0.4, -0.2) is 30.1 Å². The van der Waals surface area contributed by atoms with Crippen LogP contribution in [0.3, 0.4) is 0 Å². The summed E-state index contributed by atoms with van der Waals surface area (Å²) in [5.41, 5.74) is 9.92. The number of fused-ring (bicyclic) bond motifs is 1. The highest BCUT2D eigenvalue weighted by Gasteiger charge is 2.31. The molecule has 0 radical (unpaired) electrons. The lowest BCUT2D eigenvalue weighted by Gasteiger charge is -2.25. The number of aromatic nitrogens is 1. The Morgan fingerprint density at radius 3 is 2.54 bits per heavy atom. The summed E-state index contributed by atoms with van der Waals surface area (Å²) in [5.74, 6) is -0.347. The van der Waals surface area contributed by atoms with Gasteiger partial charge in [-0.3, -0.25) is 9.99 Å². The minimum atomic E-state index is -4.22. The molecule has 0 saturated carbocycles. The topological polar surface area (TPSA) is 128 Å². The fourth-order valence-electron chi connectivity index (χ4n) is 3.22. The zero-order valence-corrected chi connectivity index (χ0v) is 15.9. The average Bonchev–Trinajstić information content (AvgIpc) is 2.97. The summed E-state index contributed by atoms with van der Waals surface area (Å²) in [6.07, 6.45) is -0.829. The number of benzene rings is 2. The maximum atomic E-state index is 14.0. The quantitative estimate of drug-likeness (QED) is 0.460. The van der Waals surface area contributed by atoms with E-state index in [4.69, 9.17) is 23.1 Å². The molecule has 1 aliphatic heterocycles. The molecule has 11 heteroatoms. The minimum Gasteiger partial charge on any atom is -0.339 e. The largest absolute Gasteiger partial charge is 0.339 e. The van der Waals surface area contributed by atoms with E-state index in [1.807, 2.05) is 0 Å². The van der Waals surface area contributed by atoms with Gasteiger partial charge >= 0.3 is 0 Å². The van der Waals surface area contributed by atoms with Crippen LogP contribution in [0.5, 0.6) is 0 Å². The third-order valence-corrected chi connectivity index (χ3v) is 5.47. The van der Waals surface area contributed by atoms with Crippen molar-refractivity contribution in [2.45, 2.75) is 11.1 Å². The monoisotopic (exact) mass is 418 g/mol. The summed E-state index contributed by atoms with van der Waals surface area (Å²) < 4.78 is 40.5. The van der Waals surface area contributed by atoms with Gasteiger partial charge in [-0.25, -0.2) is 17.9 Å². The Hall–Kier alpha value is -2.86. The molecule has 6 N–H and O–H groups in total. The summed E-state index contributed by atoms with van der Waals surface area (Å²) in [6, 6.07) is 12.5. The number of hydrogen-bond acceptors (Lipinski definition) is 5. The Labute approximate surface area is 165 Å². The molecule has 4 rings (SSSR count). The fraction of sp³-hybridized carbons (Fsp3) is 0.0588. The number of thiocarbonyl (C=S) groups is 1. The van der Waals surface area contributed by atoms with E-state index in [0.717, 1.165) is 6.07 Å². The van der Waals surface area contributed by atoms with Gasteiger partial charge in [0, 0.05) is 5.39 Å². The zero-order chi connectivity index (χ0) is 20.1. The first-order valence-electron chi connectivity index (χ1n) is 8.09. The Balaban J connectivity index is 2.19. The molecular weight excluding hydrogens is 403 g/mol. The van der Waals surface area contributed by atoms with Gasteiger partial charge in [0.05, 0.1) is 11.2 Å². The predicted octanol–water partition coefficient (Wildman–Crippen LogP) is 1.02. The van der Waals surface area contributed by atoms with Crippen molar-refractivity contribution < 1.29 is 12.8 Å². The van der Waals surface area contributed by atoms with Crippen molar-refractivity contribution in [3.8, 4) is 11.3 Å². The minimum absolute atomic E-state index is 0.129. The van der Waals surface area contributed by atoms with Gasteiger partial charge in [-0.05, 0) is 36.0 Å². The average molecular weight is 418 g/mol. The molecule has 0 amide bonds. The molecule has 144 valence electrons. The summed E-state index contributed by atoms with van der Waals surface area (Å²) in [6.45, 7) is 0. The number of nitrogens with two attached hydrogens (primary N) is 2. The molecule has 0 fully saturated rings. The Morgan fingerprint density at radius 1 is 1.18 bits per heavy atom. The Bertz CT molecular complexity index is 1240. The summed E-state index contributed by atoms with van der Waals surface area (Å²) in [7, 11) is -4.22. The molecule has 28 heavy (non-hydrogen) atoms. The van der Waals surface area contributed by atoms with Gasteiger partial charge in [0.15, 0.2) is 10.9 Å². The number of primary sulfonamides is 1. The molecule has 8 nitrogen and oxygen atoms in total. The van der Waals surface area contributed by atoms with E-state index >= 15 is 0 Å². The highest BCUT2D eigenvalue weighted by molar-refractivity contribution is 7.89. The van der Waals surface area contributed by atoms with Crippen LogP contribution in [-0.2, 0) is 10.0 Å². The fourth-order valence-corrected chi connectivity index (χ4v) is 4.34. The normalized spacial score (nSPS) is 17.2.